The lowest BCUT2D eigenvalue weighted by molar-refractivity contribution is -0.136. The molecule has 0 unspecified atom stereocenters. The van der Waals surface area contributed by atoms with E-state index in [1.807, 2.05) is 42.5 Å². The van der Waals surface area contributed by atoms with E-state index in [1.54, 1.807) is 13.2 Å². The first-order valence-electron chi connectivity index (χ1n) is 5.52. The van der Waals surface area contributed by atoms with Crippen LogP contribution in [0.4, 0.5) is 0 Å². The molecule has 0 heterocycles. The van der Waals surface area contributed by atoms with Crippen LogP contribution in [-0.2, 0) is 14.3 Å². The summed E-state index contributed by atoms with van der Waals surface area (Å²) < 4.78 is 9.97. The van der Waals surface area contributed by atoms with Crippen LogP contribution in [0.25, 0.3) is 6.08 Å². The minimum absolute atomic E-state index is 0.160. The molecule has 0 N–H and O–H groups in total. The summed E-state index contributed by atoms with van der Waals surface area (Å²) >= 11 is 0. The second-order valence-corrected chi connectivity index (χ2v) is 3.39. The Balaban J connectivity index is 2.56. The summed E-state index contributed by atoms with van der Waals surface area (Å²) in [5.74, 6) is 0.185. The van der Waals surface area contributed by atoms with E-state index in [2.05, 4.69) is 6.58 Å². The Labute approximate surface area is 107 Å². The summed E-state index contributed by atoms with van der Waals surface area (Å²) in [6, 6.07) is 9.85. The molecule has 0 spiro atoms. The van der Waals surface area contributed by atoms with Crippen LogP contribution in [0.5, 0.6) is 0 Å². The molecule has 18 heavy (non-hydrogen) atoms. The molecule has 3 heteroatoms. The Morgan fingerprint density at radius 3 is 2.67 bits per heavy atom. The fourth-order valence-corrected chi connectivity index (χ4v) is 1.23. The molecular weight excluding hydrogens is 228 g/mol. The lowest BCUT2D eigenvalue weighted by Crippen LogP contribution is -2.00. The first kappa shape index (κ1) is 13.8. The first-order valence-corrected chi connectivity index (χ1v) is 5.52. The molecule has 0 aromatic heterocycles. The number of methoxy groups -OCH3 is 1. The molecule has 0 aliphatic carbocycles. The number of hydrogen-bond acceptors (Lipinski definition) is 3. The van der Waals surface area contributed by atoms with Gasteiger partial charge in [0.05, 0.1) is 7.11 Å². The van der Waals surface area contributed by atoms with E-state index < -0.39 is 5.97 Å². The number of ether oxygens (including phenoxy) is 2. The third kappa shape index (κ3) is 5.16. The molecule has 0 bridgehead atoms. The lowest BCUT2D eigenvalue weighted by atomic mass is 10.2. The molecule has 1 aromatic carbocycles. The van der Waals surface area contributed by atoms with Crippen molar-refractivity contribution in [1.29, 1.82) is 0 Å². The van der Waals surface area contributed by atoms with E-state index in [0.29, 0.717) is 5.76 Å². The van der Waals surface area contributed by atoms with Gasteiger partial charge in [-0.1, -0.05) is 43.0 Å². The standard InChI is InChI=1S/C15H16O3/c1-3-15(16)18-12-11-14(17-2)10-9-13-7-5-4-6-8-13/h3-11H,1,12H2,2H3/b10-9+,14-11+. The van der Waals surface area contributed by atoms with E-state index in [-0.39, 0.29) is 6.61 Å². The van der Waals surface area contributed by atoms with Gasteiger partial charge in [-0.05, 0) is 17.7 Å². The van der Waals surface area contributed by atoms with Crippen LogP contribution in [0, 0.1) is 0 Å². The normalized spacial score (nSPS) is 11.3. The molecule has 0 atom stereocenters. The topological polar surface area (TPSA) is 35.5 Å². The van der Waals surface area contributed by atoms with E-state index >= 15 is 0 Å². The number of carbonyl (C=O) groups is 1. The maximum Gasteiger partial charge on any atom is 0.330 e. The van der Waals surface area contributed by atoms with Gasteiger partial charge in [-0.15, -0.1) is 0 Å². The highest BCUT2D eigenvalue weighted by molar-refractivity contribution is 5.81. The SMILES string of the molecule is C=CC(=O)OC/C=C(\C=C\c1ccccc1)OC. The average Bonchev–Trinajstić information content (AvgIpc) is 2.43. The summed E-state index contributed by atoms with van der Waals surface area (Å²) in [6.45, 7) is 3.47. The van der Waals surface area contributed by atoms with Gasteiger partial charge in [-0.2, -0.15) is 0 Å². The third-order valence-electron chi connectivity index (χ3n) is 2.15. The summed E-state index contributed by atoms with van der Waals surface area (Å²) in [6.07, 6.45) is 6.54. The van der Waals surface area contributed by atoms with Crippen molar-refractivity contribution in [2.24, 2.45) is 0 Å². The van der Waals surface area contributed by atoms with Crippen LogP contribution in [0.15, 0.2) is 60.9 Å². The van der Waals surface area contributed by atoms with Crippen molar-refractivity contribution < 1.29 is 14.3 Å². The Hall–Kier alpha value is -2.29. The fourth-order valence-electron chi connectivity index (χ4n) is 1.23. The van der Waals surface area contributed by atoms with Gasteiger partial charge >= 0.3 is 5.97 Å². The van der Waals surface area contributed by atoms with Gasteiger partial charge in [-0.3, -0.25) is 0 Å². The van der Waals surface area contributed by atoms with Gasteiger partial charge in [-0.25, -0.2) is 4.79 Å². The van der Waals surface area contributed by atoms with Crippen LogP contribution in [0.1, 0.15) is 5.56 Å². The second kappa shape index (κ2) is 7.90. The zero-order valence-corrected chi connectivity index (χ0v) is 10.3. The average molecular weight is 244 g/mol. The highest BCUT2D eigenvalue weighted by Crippen LogP contribution is 2.05. The minimum Gasteiger partial charge on any atom is -0.497 e. The fraction of sp³-hybridized carbons (Fsp3) is 0.133. The van der Waals surface area contributed by atoms with E-state index in [4.69, 9.17) is 9.47 Å². The molecule has 0 radical (unpaired) electrons. The molecule has 3 nitrogen and oxygen atoms in total. The van der Waals surface area contributed by atoms with E-state index in [1.165, 1.54) is 0 Å². The van der Waals surface area contributed by atoms with Crippen molar-refractivity contribution in [3.8, 4) is 0 Å². The molecule has 0 aliphatic rings. The maximum absolute atomic E-state index is 10.8. The number of carbonyl (C=O) groups excluding carboxylic acids is 1. The van der Waals surface area contributed by atoms with Crippen LogP contribution in [0.3, 0.4) is 0 Å². The summed E-state index contributed by atoms with van der Waals surface area (Å²) in [4.78, 5) is 10.8. The van der Waals surface area contributed by atoms with Crippen molar-refractivity contribution in [3.63, 3.8) is 0 Å². The monoisotopic (exact) mass is 244 g/mol. The highest BCUT2D eigenvalue weighted by atomic mass is 16.5. The number of hydrogen-bond donors (Lipinski definition) is 0. The molecule has 1 rings (SSSR count). The van der Waals surface area contributed by atoms with Crippen LogP contribution in [-0.4, -0.2) is 19.7 Å². The number of esters is 1. The van der Waals surface area contributed by atoms with Crippen LogP contribution >= 0.6 is 0 Å². The summed E-state index contributed by atoms with van der Waals surface area (Å²) in [5, 5.41) is 0. The molecule has 94 valence electrons. The lowest BCUT2D eigenvalue weighted by Gasteiger charge is -2.01. The minimum atomic E-state index is -0.450. The number of benzene rings is 1. The van der Waals surface area contributed by atoms with Crippen LogP contribution < -0.4 is 0 Å². The molecule has 0 saturated carbocycles. The van der Waals surface area contributed by atoms with Crippen molar-refractivity contribution in [1.82, 2.24) is 0 Å². The highest BCUT2D eigenvalue weighted by Gasteiger charge is 1.94. The van der Waals surface area contributed by atoms with Gasteiger partial charge in [0.2, 0.25) is 0 Å². The van der Waals surface area contributed by atoms with Gasteiger partial charge < -0.3 is 9.47 Å². The molecule has 0 fully saturated rings. The van der Waals surface area contributed by atoms with Gasteiger partial charge in [0, 0.05) is 6.08 Å². The zero-order chi connectivity index (χ0) is 13.2. The Morgan fingerprint density at radius 2 is 2.06 bits per heavy atom. The third-order valence-corrected chi connectivity index (χ3v) is 2.15. The smallest absolute Gasteiger partial charge is 0.330 e. The quantitative estimate of drug-likeness (QED) is 0.334. The summed E-state index contributed by atoms with van der Waals surface area (Å²) in [5.41, 5.74) is 1.07. The van der Waals surface area contributed by atoms with Crippen LogP contribution in [0.2, 0.25) is 0 Å². The molecule has 1 aromatic rings. The van der Waals surface area contributed by atoms with Crippen molar-refractivity contribution in [2.75, 3.05) is 13.7 Å². The number of allylic oxidation sites excluding steroid dienone is 1. The Bertz CT molecular complexity index is 444. The van der Waals surface area contributed by atoms with Gasteiger partial charge in [0.1, 0.15) is 12.4 Å². The van der Waals surface area contributed by atoms with Crippen molar-refractivity contribution in [2.45, 2.75) is 0 Å². The van der Waals surface area contributed by atoms with Gasteiger partial charge in [0.15, 0.2) is 0 Å². The molecule has 0 aliphatic heterocycles. The zero-order valence-electron chi connectivity index (χ0n) is 10.3. The van der Waals surface area contributed by atoms with Gasteiger partial charge in [0.25, 0.3) is 0 Å². The largest absolute Gasteiger partial charge is 0.497 e. The first-order chi connectivity index (χ1) is 8.76. The summed E-state index contributed by atoms with van der Waals surface area (Å²) in [7, 11) is 1.57. The van der Waals surface area contributed by atoms with E-state index in [0.717, 1.165) is 11.6 Å². The van der Waals surface area contributed by atoms with Crippen molar-refractivity contribution >= 4 is 12.0 Å². The molecule has 0 amide bonds. The molecular formula is C15H16O3. The Morgan fingerprint density at radius 1 is 1.33 bits per heavy atom. The molecule has 0 saturated heterocycles. The maximum atomic E-state index is 10.8. The Kier molecular flexibility index (Phi) is 6.04. The van der Waals surface area contributed by atoms with Crippen molar-refractivity contribution in [3.05, 3.63) is 66.5 Å². The van der Waals surface area contributed by atoms with E-state index in [9.17, 15) is 4.79 Å². The second-order valence-electron chi connectivity index (χ2n) is 3.39. The number of rotatable bonds is 6. The predicted octanol–water partition coefficient (Wildman–Crippen LogP) is 2.96. The predicted molar refractivity (Wildman–Crippen MR) is 71.7 cm³/mol.